The van der Waals surface area contributed by atoms with Gasteiger partial charge in [0.25, 0.3) is 5.56 Å². The minimum absolute atomic E-state index is 0.238. The van der Waals surface area contributed by atoms with Crippen molar-refractivity contribution in [2.24, 2.45) is 0 Å². The molecule has 2 rings (SSSR count). The van der Waals surface area contributed by atoms with Crippen LogP contribution >= 0.6 is 11.8 Å². The predicted octanol–water partition coefficient (Wildman–Crippen LogP) is 2.73. The summed E-state index contributed by atoms with van der Waals surface area (Å²) < 4.78 is 13.6. The molecule has 0 saturated carbocycles. The highest BCUT2D eigenvalue weighted by Gasteiger charge is 2.14. The standard InChI is InChI=1S/C14H15FN2O2S/c1-7-4-12(10(9(3)18)6-11(7)15)20-14-16-8(2)5-13(19)17-14/h4-6,9,18H,1-3H3,(H,16,17,19)/t9-/m0/s1. The van der Waals surface area contributed by atoms with E-state index < -0.39 is 6.10 Å². The number of benzene rings is 1. The van der Waals surface area contributed by atoms with Crippen molar-refractivity contribution >= 4 is 11.8 Å². The van der Waals surface area contributed by atoms with Gasteiger partial charge in [0.05, 0.1) is 6.10 Å². The lowest BCUT2D eigenvalue weighted by molar-refractivity contribution is 0.196. The molecule has 0 fully saturated rings. The van der Waals surface area contributed by atoms with Crippen LogP contribution in [0.25, 0.3) is 0 Å². The van der Waals surface area contributed by atoms with Crippen LogP contribution in [0.5, 0.6) is 0 Å². The predicted molar refractivity (Wildman–Crippen MR) is 75.5 cm³/mol. The van der Waals surface area contributed by atoms with Crippen LogP contribution in [0.4, 0.5) is 4.39 Å². The largest absolute Gasteiger partial charge is 0.389 e. The van der Waals surface area contributed by atoms with Gasteiger partial charge in [0.2, 0.25) is 0 Å². The van der Waals surface area contributed by atoms with Crippen LogP contribution in [0.3, 0.4) is 0 Å². The van der Waals surface area contributed by atoms with Crippen LogP contribution in [0.2, 0.25) is 0 Å². The molecule has 0 radical (unpaired) electrons. The molecular formula is C14H15FN2O2S. The number of H-pyrrole nitrogens is 1. The molecule has 1 aromatic carbocycles. The zero-order valence-corrected chi connectivity index (χ0v) is 12.2. The molecular weight excluding hydrogens is 279 g/mol. The Morgan fingerprint density at radius 1 is 1.35 bits per heavy atom. The summed E-state index contributed by atoms with van der Waals surface area (Å²) in [6.07, 6.45) is -0.802. The molecule has 0 amide bonds. The van der Waals surface area contributed by atoms with E-state index in [0.717, 1.165) is 0 Å². The molecule has 20 heavy (non-hydrogen) atoms. The first kappa shape index (κ1) is 14.7. The summed E-state index contributed by atoms with van der Waals surface area (Å²) in [7, 11) is 0. The lowest BCUT2D eigenvalue weighted by Gasteiger charge is -2.13. The van der Waals surface area contributed by atoms with Gasteiger partial charge in [0.15, 0.2) is 5.16 Å². The fourth-order valence-electron chi connectivity index (χ4n) is 1.79. The zero-order chi connectivity index (χ0) is 14.9. The Hall–Kier alpha value is -1.66. The Kier molecular flexibility index (Phi) is 4.25. The first-order chi connectivity index (χ1) is 9.36. The third-order valence-corrected chi connectivity index (χ3v) is 3.76. The van der Waals surface area contributed by atoms with E-state index in [1.54, 1.807) is 26.8 Å². The number of halogens is 1. The second kappa shape index (κ2) is 5.76. The smallest absolute Gasteiger partial charge is 0.251 e. The number of aromatic nitrogens is 2. The fraction of sp³-hybridized carbons (Fsp3) is 0.286. The molecule has 1 atom stereocenters. The number of hydrogen-bond donors (Lipinski definition) is 2. The van der Waals surface area contributed by atoms with Crippen molar-refractivity contribution in [2.45, 2.75) is 36.9 Å². The normalized spacial score (nSPS) is 12.4. The molecule has 2 N–H and O–H groups in total. The van der Waals surface area contributed by atoms with Crippen LogP contribution in [-0.4, -0.2) is 15.1 Å². The van der Waals surface area contributed by atoms with Gasteiger partial charge in [-0.15, -0.1) is 0 Å². The fourth-order valence-corrected chi connectivity index (χ4v) is 2.92. The number of aromatic amines is 1. The average Bonchev–Trinajstić information content (AvgIpc) is 2.31. The first-order valence-corrected chi connectivity index (χ1v) is 6.92. The maximum Gasteiger partial charge on any atom is 0.251 e. The molecule has 4 nitrogen and oxygen atoms in total. The molecule has 0 unspecified atom stereocenters. The lowest BCUT2D eigenvalue weighted by atomic mass is 10.1. The number of rotatable bonds is 3. The summed E-state index contributed by atoms with van der Waals surface area (Å²) in [5.74, 6) is -0.365. The van der Waals surface area contributed by atoms with Crippen LogP contribution < -0.4 is 5.56 Å². The Balaban J connectivity index is 2.47. The van der Waals surface area contributed by atoms with Crippen molar-refractivity contribution in [2.75, 3.05) is 0 Å². The minimum Gasteiger partial charge on any atom is -0.389 e. The molecule has 2 aromatic rings. The molecule has 6 heteroatoms. The van der Waals surface area contributed by atoms with E-state index in [4.69, 9.17) is 0 Å². The summed E-state index contributed by atoms with van der Waals surface area (Å²) in [6, 6.07) is 4.36. The Labute approximate surface area is 120 Å². The van der Waals surface area contributed by atoms with Crippen molar-refractivity contribution in [3.8, 4) is 0 Å². The third-order valence-electron chi connectivity index (χ3n) is 2.80. The molecule has 1 heterocycles. The van der Waals surface area contributed by atoms with E-state index in [9.17, 15) is 14.3 Å². The van der Waals surface area contributed by atoms with Gasteiger partial charge in [0.1, 0.15) is 5.82 Å². The van der Waals surface area contributed by atoms with E-state index in [1.807, 2.05) is 0 Å². The van der Waals surface area contributed by atoms with Gasteiger partial charge in [-0.3, -0.25) is 4.79 Å². The topological polar surface area (TPSA) is 66.0 Å². The first-order valence-electron chi connectivity index (χ1n) is 6.10. The summed E-state index contributed by atoms with van der Waals surface area (Å²) >= 11 is 1.20. The number of aliphatic hydroxyl groups excluding tert-OH is 1. The molecule has 1 aromatic heterocycles. The molecule has 0 aliphatic carbocycles. The highest BCUT2D eigenvalue weighted by atomic mass is 32.2. The van der Waals surface area contributed by atoms with E-state index in [2.05, 4.69) is 9.97 Å². The molecule has 0 saturated heterocycles. The average molecular weight is 294 g/mol. The summed E-state index contributed by atoms with van der Waals surface area (Å²) in [4.78, 5) is 18.9. The Morgan fingerprint density at radius 3 is 2.65 bits per heavy atom. The van der Waals surface area contributed by atoms with Crippen LogP contribution in [0, 0.1) is 19.7 Å². The van der Waals surface area contributed by atoms with Crippen molar-refractivity contribution in [1.82, 2.24) is 9.97 Å². The van der Waals surface area contributed by atoms with Gasteiger partial charge in [-0.2, -0.15) is 0 Å². The van der Waals surface area contributed by atoms with E-state index in [-0.39, 0.29) is 11.4 Å². The maximum atomic E-state index is 13.6. The Morgan fingerprint density at radius 2 is 2.05 bits per heavy atom. The van der Waals surface area contributed by atoms with E-state index in [0.29, 0.717) is 26.9 Å². The molecule has 106 valence electrons. The summed E-state index contributed by atoms with van der Waals surface area (Å²) in [5, 5.41) is 10.2. The number of nitrogens with one attached hydrogen (secondary N) is 1. The Bertz CT molecular complexity index is 698. The maximum absolute atomic E-state index is 13.6. The monoisotopic (exact) mass is 294 g/mol. The number of aryl methyl sites for hydroxylation is 2. The summed E-state index contributed by atoms with van der Waals surface area (Å²) in [6.45, 7) is 4.95. The zero-order valence-electron chi connectivity index (χ0n) is 11.4. The van der Waals surface area contributed by atoms with Crippen molar-refractivity contribution in [3.05, 3.63) is 51.2 Å². The van der Waals surface area contributed by atoms with Gasteiger partial charge in [-0.1, -0.05) is 11.8 Å². The minimum atomic E-state index is -0.802. The van der Waals surface area contributed by atoms with Crippen LogP contribution in [-0.2, 0) is 0 Å². The number of hydrogen-bond acceptors (Lipinski definition) is 4. The molecule has 0 aliphatic heterocycles. The summed E-state index contributed by atoms with van der Waals surface area (Å²) in [5.41, 5.74) is 1.32. The number of aliphatic hydroxyl groups is 1. The van der Waals surface area contributed by atoms with Gasteiger partial charge >= 0.3 is 0 Å². The highest BCUT2D eigenvalue weighted by Crippen LogP contribution is 2.33. The molecule has 0 aliphatic rings. The van der Waals surface area contributed by atoms with Gasteiger partial charge < -0.3 is 10.1 Å². The van der Waals surface area contributed by atoms with Crippen molar-refractivity contribution in [1.29, 1.82) is 0 Å². The van der Waals surface area contributed by atoms with E-state index >= 15 is 0 Å². The molecule has 0 bridgehead atoms. The third kappa shape index (κ3) is 3.26. The quantitative estimate of drug-likeness (QED) is 0.854. The van der Waals surface area contributed by atoms with Crippen molar-refractivity contribution < 1.29 is 9.50 Å². The highest BCUT2D eigenvalue weighted by molar-refractivity contribution is 7.99. The SMILES string of the molecule is Cc1cc(=O)[nH]c(Sc2cc(C)c(F)cc2[C@H](C)O)n1. The van der Waals surface area contributed by atoms with Crippen LogP contribution in [0.1, 0.15) is 29.8 Å². The molecule has 0 spiro atoms. The second-order valence-corrected chi connectivity index (χ2v) is 5.64. The second-order valence-electron chi connectivity index (χ2n) is 4.61. The van der Waals surface area contributed by atoms with Crippen LogP contribution in [0.15, 0.2) is 33.0 Å². The van der Waals surface area contributed by atoms with Gasteiger partial charge in [0, 0.05) is 16.7 Å². The lowest BCUT2D eigenvalue weighted by Crippen LogP contribution is -2.08. The van der Waals surface area contributed by atoms with E-state index in [1.165, 1.54) is 23.9 Å². The van der Waals surface area contributed by atoms with Gasteiger partial charge in [-0.05, 0) is 44.0 Å². The van der Waals surface area contributed by atoms with Gasteiger partial charge in [-0.25, -0.2) is 9.37 Å². The van der Waals surface area contributed by atoms with Crippen molar-refractivity contribution in [3.63, 3.8) is 0 Å². The number of nitrogens with zero attached hydrogens (tertiary/aromatic N) is 1.